The molecule has 6 heteroatoms. The van der Waals surface area contributed by atoms with Crippen LogP contribution in [-0.4, -0.2) is 36.4 Å². The first-order valence-electron chi connectivity index (χ1n) is 3.44. The lowest BCUT2D eigenvalue weighted by Gasteiger charge is -2.29. The Morgan fingerprint density at radius 3 is 3.27 bits per heavy atom. The second-order valence-electron chi connectivity index (χ2n) is 2.25. The van der Waals surface area contributed by atoms with Gasteiger partial charge in [-0.3, -0.25) is 0 Å². The Morgan fingerprint density at radius 2 is 2.64 bits per heavy atom. The molecule has 11 heavy (non-hydrogen) atoms. The van der Waals surface area contributed by atoms with Crippen LogP contribution in [0.1, 0.15) is 0 Å². The van der Waals surface area contributed by atoms with E-state index in [4.69, 9.17) is 17.4 Å². The molecule has 64 valence electrons. The van der Waals surface area contributed by atoms with Gasteiger partial charge in [-0.15, -0.1) is 0 Å². The summed E-state index contributed by atoms with van der Waals surface area (Å²) < 4.78 is 0. The van der Waals surface area contributed by atoms with Crippen LogP contribution < -0.4 is 16.7 Å². The van der Waals surface area contributed by atoms with Crippen molar-refractivity contribution in [2.45, 2.75) is 5.50 Å². The van der Waals surface area contributed by atoms with Crippen molar-refractivity contribution in [3.8, 4) is 0 Å². The van der Waals surface area contributed by atoms with Crippen LogP contribution in [0.5, 0.6) is 0 Å². The molecular weight excluding hydrogens is 166 g/mol. The van der Waals surface area contributed by atoms with Gasteiger partial charge in [0.05, 0.1) is 0 Å². The maximum Gasteiger partial charge on any atom is 0.117 e. The third-order valence-electron chi connectivity index (χ3n) is 1.50. The molecule has 5 nitrogen and oxygen atoms in total. The molecule has 1 unspecified atom stereocenters. The van der Waals surface area contributed by atoms with Gasteiger partial charge in [0, 0.05) is 19.6 Å². The highest BCUT2D eigenvalue weighted by atomic mass is 35.5. The summed E-state index contributed by atoms with van der Waals surface area (Å²) >= 11 is 5.92. The molecule has 0 aliphatic carbocycles. The number of hydrazone groups is 1. The number of alkyl halides is 1. The van der Waals surface area contributed by atoms with E-state index in [9.17, 15) is 0 Å². The molecule has 0 aromatic heterocycles. The third kappa shape index (κ3) is 2.53. The summed E-state index contributed by atoms with van der Waals surface area (Å²) in [4.78, 5) is 1.91. The molecule has 1 aliphatic rings. The Kier molecular flexibility index (Phi) is 3.41. The number of hydrogen-bond acceptors (Lipinski definition) is 4. The van der Waals surface area contributed by atoms with Crippen molar-refractivity contribution in [2.75, 3.05) is 19.6 Å². The molecule has 0 radical (unpaired) electrons. The predicted octanol–water partition coefficient (Wildman–Crippen LogP) is -1.14. The fourth-order valence-corrected chi connectivity index (χ4v) is 1.18. The second kappa shape index (κ2) is 4.38. The summed E-state index contributed by atoms with van der Waals surface area (Å²) in [5.41, 5.74) is 2.16. The number of nitrogens with zero attached hydrogens (tertiary/aromatic N) is 2. The summed E-state index contributed by atoms with van der Waals surface area (Å²) in [6, 6.07) is 0. The summed E-state index contributed by atoms with van der Waals surface area (Å²) in [7, 11) is 0. The van der Waals surface area contributed by atoms with Gasteiger partial charge in [-0.2, -0.15) is 5.10 Å². The molecule has 1 heterocycles. The normalized spacial score (nSPS) is 26.0. The Hall–Kier alpha value is -0.520. The van der Waals surface area contributed by atoms with Crippen molar-refractivity contribution in [3.05, 3.63) is 0 Å². The highest BCUT2D eigenvalue weighted by molar-refractivity contribution is 6.21. The summed E-state index contributed by atoms with van der Waals surface area (Å²) in [5, 5.41) is 6.82. The van der Waals surface area contributed by atoms with Gasteiger partial charge in [0.1, 0.15) is 11.8 Å². The molecule has 0 bridgehead atoms. The molecule has 0 spiro atoms. The fraction of sp³-hybridized carbons (Fsp3) is 0.800. The zero-order valence-electron chi connectivity index (χ0n) is 6.13. The van der Waals surface area contributed by atoms with Crippen molar-refractivity contribution in [1.29, 1.82) is 0 Å². The van der Waals surface area contributed by atoms with Crippen molar-refractivity contribution < 1.29 is 0 Å². The number of halogens is 1. The Morgan fingerprint density at radius 1 is 1.82 bits per heavy atom. The summed E-state index contributed by atoms with van der Waals surface area (Å²) in [6.07, 6.45) is 1.61. The van der Waals surface area contributed by atoms with Crippen molar-refractivity contribution >= 4 is 17.9 Å². The van der Waals surface area contributed by atoms with Crippen LogP contribution in [0, 0.1) is 0 Å². The Balaban J connectivity index is 2.35. The Labute approximate surface area is 70.5 Å². The minimum atomic E-state index is -0.0270. The number of nitrogens with two attached hydrogens (primary N) is 1. The van der Waals surface area contributed by atoms with E-state index in [0.717, 1.165) is 19.6 Å². The van der Waals surface area contributed by atoms with E-state index in [1.54, 1.807) is 6.34 Å². The molecule has 1 saturated heterocycles. The van der Waals surface area contributed by atoms with Gasteiger partial charge in [0.25, 0.3) is 0 Å². The zero-order valence-corrected chi connectivity index (χ0v) is 6.88. The van der Waals surface area contributed by atoms with Crippen LogP contribution in [0.15, 0.2) is 5.10 Å². The van der Waals surface area contributed by atoms with Gasteiger partial charge in [-0.25, -0.2) is 11.4 Å². The molecule has 0 amide bonds. The monoisotopic (exact) mass is 177 g/mol. The maximum atomic E-state index is 5.92. The van der Waals surface area contributed by atoms with E-state index in [1.165, 1.54) is 0 Å². The lowest BCUT2D eigenvalue weighted by molar-refractivity contribution is 0.332. The fourth-order valence-electron chi connectivity index (χ4n) is 0.924. The number of nitrogens with one attached hydrogen (secondary N) is 2. The van der Waals surface area contributed by atoms with Gasteiger partial charge >= 0.3 is 0 Å². The van der Waals surface area contributed by atoms with E-state index in [-0.39, 0.29) is 5.50 Å². The highest BCUT2D eigenvalue weighted by Gasteiger charge is 2.15. The van der Waals surface area contributed by atoms with E-state index < -0.39 is 0 Å². The summed E-state index contributed by atoms with van der Waals surface area (Å²) in [6.45, 7) is 2.57. The summed E-state index contributed by atoms with van der Waals surface area (Å²) in [5.74, 6) is 4.96. The number of piperazine rings is 1. The van der Waals surface area contributed by atoms with Crippen molar-refractivity contribution in [2.24, 2.45) is 10.9 Å². The zero-order chi connectivity index (χ0) is 8.10. The molecule has 0 aromatic rings. The number of hydrogen-bond donors (Lipinski definition) is 3. The van der Waals surface area contributed by atoms with Crippen LogP contribution >= 0.6 is 11.6 Å². The standard InChI is InChI=1S/C5H12ClN5/c6-5-3-8-1-2-11(5)4-9-10-7/h4-5,8,10H,1-3,7H2. The smallest absolute Gasteiger partial charge is 0.117 e. The van der Waals surface area contributed by atoms with Crippen molar-refractivity contribution in [3.63, 3.8) is 0 Å². The first kappa shape index (κ1) is 8.58. The van der Waals surface area contributed by atoms with E-state index in [1.807, 2.05) is 4.90 Å². The van der Waals surface area contributed by atoms with Crippen LogP contribution in [0.25, 0.3) is 0 Å². The average molecular weight is 178 g/mol. The van der Waals surface area contributed by atoms with E-state index >= 15 is 0 Å². The molecule has 0 saturated carbocycles. The first-order valence-corrected chi connectivity index (χ1v) is 3.87. The quantitative estimate of drug-likeness (QED) is 0.125. The average Bonchev–Trinajstić information content (AvgIpc) is 2.03. The molecule has 1 fully saturated rings. The first-order chi connectivity index (χ1) is 5.34. The number of rotatable bonds is 2. The maximum absolute atomic E-state index is 5.92. The molecule has 1 atom stereocenters. The topological polar surface area (TPSA) is 65.7 Å². The van der Waals surface area contributed by atoms with Crippen LogP contribution in [-0.2, 0) is 0 Å². The van der Waals surface area contributed by atoms with Gasteiger partial charge in [0.2, 0.25) is 0 Å². The van der Waals surface area contributed by atoms with Gasteiger partial charge in [-0.05, 0) is 0 Å². The van der Waals surface area contributed by atoms with E-state index in [0.29, 0.717) is 0 Å². The molecule has 4 N–H and O–H groups in total. The van der Waals surface area contributed by atoms with Gasteiger partial charge in [-0.1, -0.05) is 11.6 Å². The minimum absolute atomic E-state index is 0.0270. The van der Waals surface area contributed by atoms with Crippen molar-refractivity contribution in [1.82, 2.24) is 15.8 Å². The second-order valence-corrected chi connectivity index (χ2v) is 2.75. The molecule has 1 rings (SSSR count). The third-order valence-corrected chi connectivity index (χ3v) is 1.91. The number of hydrazine groups is 1. The van der Waals surface area contributed by atoms with Gasteiger partial charge < -0.3 is 10.2 Å². The minimum Gasteiger partial charge on any atom is -0.342 e. The Bertz CT molecular complexity index is 139. The lowest BCUT2D eigenvalue weighted by atomic mass is 10.4. The van der Waals surface area contributed by atoms with Crippen LogP contribution in [0.2, 0.25) is 0 Å². The highest BCUT2D eigenvalue weighted by Crippen LogP contribution is 2.03. The predicted molar refractivity (Wildman–Crippen MR) is 45.0 cm³/mol. The molecule has 0 aromatic carbocycles. The lowest BCUT2D eigenvalue weighted by Crippen LogP contribution is -2.48. The van der Waals surface area contributed by atoms with E-state index in [2.05, 4.69) is 16.0 Å². The van der Waals surface area contributed by atoms with Gasteiger partial charge in [0.15, 0.2) is 0 Å². The largest absolute Gasteiger partial charge is 0.342 e. The van der Waals surface area contributed by atoms with Crippen LogP contribution in [0.3, 0.4) is 0 Å². The molecular formula is C5H12ClN5. The van der Waals surface area contributed by atoms with Crippen LogP contribution in [0.4, 0.5) is 0 Å². The SMILES string of the molecule is NNN=CN1CCNCC1Cl. The molecule has 1 aliphatic heterocycles.